The van der Waals surface area contributed by atoms with Crippen LogP contribution in [0.1, 0.15) is 12.5 Å². The smallest absolute Gasteiger partial charge is 0.329 e. The summed E-state index contributed by atoms with van der Waals surface area (Å²) in [6.07, 6.45) is 0. The first-order valence-corrected chi connectivity index (χ1v) is 8.04. The van der Waals surface area contributed by atoms with E-state index in [2.05, 4.69) is 15.3 Å². The maximum absolute atomic E-state index is 11.9. The van der Waals surface area contributed by atoms with Crippen molar-refractivity contribution in [2.45, 2.75) is 18.7 Å². The van der Waals surface area contributed by atoms with Crippen LogP contribution in [0.25, 0.3) is 10.4 Å². The van der Waals surface area contributed by atoms with Gasteiger partial charge in [-0.25, -0.2) is 4.79 Å². The number of benzene rings is 1. The summed E-state index contributed by atoms with van der Waals surface area (Å²) >= 11 is 1.41. The van der Waals surface area contributed by atoms with E-state index in [9.17, 15) is 14.7 Å². The maximum Gasteiger partial charge on any atom is 0.329 e. The van der Waals surface area contributed by atoms with Gasteiger partial charge < -0.3 is 15.2 Å². The van der Waals surface area contributed by atoms with Crippen LogP contribution in [0.2, 0.25) is 0 Å². The van der Waals surface area contributed by atoms with E-state index >= 15 is 0 Å². The monoisotopic (exact) mass is 338 g/mol. The highest BCUT2D eigenvalue weighted by Gasteiger charge is 2.21. The third kappa shape index (κ3) is 7.44. The fourth-order valence-corrected chi connectivity index (χ4v) is 2.68. The molecular weight excluding hydrogens is 320 g/mol. The van der Waals surface area contributed by atoms with Gasteiger partial charge in [-0.15, -0.1) is 0 Å². The van der Waals surface area contributed by atoms with Crippen LogP contribution in [-0.2, 0) is 20.1 Å². The van der Waals surface area contributed by atoms with E-state index in [-0.39, 0.29) is 18.9 Å². The molecule has 0 aliphatic carbocycles. The van der Waals surface area contributed by atoms with E-state index in [1.54, 1.807) is 25.1 Å². The predicted molar refractivity (Wildman–Crippen MR) is 86.8 cm³/mol. The van der Waals surface area contributed by atoms with Crippen molar-refractivity contribution >= 4 is 23.6 Å². The molecule has 8 nitrogen and oxygen atoms in total. The highest BCUT2D eigenvalue weighted by atomic mass is 32.2. The number of phenols is 1. The molecular formula is C14H18N4O4S. The Labute approximate surface area is 137 Å². The normalized spacial score (nSPS) is 11.2. The Kier molecular flexibility index (Phi) is 8.41. The number of ether oxygens (including phenoxy) is 1. The van der Waals surface area contributed by atoms with E-state index in [1.807, 2.05) is 6.07 Å². The van der Waals surface area contributed by atoms with Crippen LogP contribution in [0.15, 0.2) is 29.4 Å². The number of azide groups is 1. The van der Waals surface area contributed by atoms with Gasteiger partial charge in [0.05, 0.1) is 6.61 Å². The minimum absolute atomic E-state index is 0.174. The average Bonchev–Trinajstić information content (AvgIpc) is 2.52. The molecule has 23 heavy (non-hydrogen) atoms. The Morgan fingerprint density at radius 1 is 1.52 bits per heavy atom. The lowest BCUT2D eigenvalue weighted by atomic mass is 10.2. The molecule has 124 valence electrons. The van der Waals surface area contributed by atoms with Crippen molar-refractivity contribution in [1.29, 1.82) is 0 Å². The number of carbonyl (C=O) groups is 2. The molecule has 1 aromatic rings. The number of hydrogen-bond donors (Lipinski definition) is 2. The molecule has 0 heterocycles. The Hall–Kier alpha value is -2.38. The van der Waals surface area contributed by atoms with E-state index in [4.69, 9.17) is 10.3 Å². The van der Waals surface area contributed by atoms with Gasteiger partial charge in [-0.3, -0.25) is 4.79 Å². The quantitative estimate of drug-likeness (QED) is 0.308. The highest BCUT2D eigenvalue weighted by Crippen LogP contribution is 2.17. The lowest BCUT2D eigenvalue weighted by Gasteiger charge is -2.16. The number of nitrogens with one attached hydrogen (secondary N) is 1. The summed E-state index contributed by atoms with van der Waals surface area (Å²) in [4.78, 5) is 25.9. The first-order chi connectivity index (χ1) is 11.1. The van der Waals surface area contributed by atoms with Gasteiger partial charge in [0.25, 0.3) is 0 Å². The number of nitrogens with zero attached hydrogens (tertiary/aromatic N) is 3. The van der Waals surface area contributed by atoms with Gasteiger partial charge in [0, 0.05) is 16.4 Å². The van der Waals surface area contributed by atoms with Crippen LogP contribution >= 0.6 is 11.8 Å². The number of hydrogen-bond acceptors (Lipinski definition) is 6. The topological polar surface area (TPSA) is 124 Å². The number of thioether (sulfide) groups is 1. The van der Waals surface area contributed by atoms with E-state index in [0.29, 0.717) is 11.5 Å². The lowest BCUT2D eigenvalue weighted by molar-refractivity contribution is -0.146. The molecule has 1 unspecified atom stereocenters. The zero-order chi connectivity index (χ0) is 17.1. The number of phenolic OH excluding ortho intramolecular Hbond substituents is 1. The molecule has 0 saturated heterocycles. The summed E-state index contributed by atoms with van der Waals surface area (Å²) in [5, 5.41) is 15.0. The molecule has 0 aliphatic rings. The molecule has 2 N–H and O–H groups in total. The zero-order valence-corrected chi connectivity index (χ0v) is 13.5. The van der Waals surface area contributed by atoms with Gasteiger partial charge in [0.15, 0.2) is 0 Å². The summed E-state index contributed by atoms with van der Waals surface area (Å²) in [6, 6.07) is 5.97. The number of aromatic hydroxyl groups is 1. The molecule has 0 radical (unpaired) electrons. The van der Waals surface area contributed by atoms with Crippen molar-refractivity contribution < 1.29 is 19.4 Å². The molecule has 0 aliphatic heterocycles. The van der Waals surface area contributed by atoms with Crippen LogP contribution in [0.3, 0.4) is 0 Å². The minimum atomic E-state index is -0.821. The van der Waals surface area contributed by atoms with Crippen LogP contribution in [-0.4, -0.2) is 41.9 Å². The van der Waals surface area contributed by atoms with Gasteiger partial charge in [-0.05, 0) is 30.2 Å². The second-order valence-corrected chi connectivity index (χ2v) is 5.48. The fourth-order valence-electron chi connectivity index (χ4n) is 1.69. The van der Waals surface area contributed by atoms with Gasteiger partial charge in [0.1, 0.15) is 18.3 Å². The molecule has 0 saturated carbocycles. The third-order valence-corrected chi connectivity index (χ3v) is 3.75. The van der Waals surface area contributed by atoms with Crippen LogP contribution in [0.5, 0.6) is 5.75 Å². The van der Waals surface area contributed by atoms with Crippen molar-refractivity contribution in [1.82, 2.24) is 5.32 Å². The molecule has 1 amide bonds. The molecule has 0 aromatic heterocycles. The molecule has 0 bridgehead atoms. The number of rotatable bonds is 9. The molecule has 1 rings (SSSR count). The summed E-state index contributed by atoms with van der Waals surface area (Å²) < 4.78 is 4.92. The van der Waals surface area contributed by atoms with Gasteiger partial charge in [-0.2, -0.15) is 11.8 Å². The maximum atomic E-state index is 11.9. The van der Waals surface area contributed by atoms with E-state index in [1.165, 1.54) is 11.8 Å². The summed E-state index contributed by atoms with van der Waals surface area (Å²) in [7, 11) is 0. The Morgan fingerprint density at radius 3 is 2.96 bits per heavy atom. The second-order valence-electron chi connectivity index (χ2n) is 4.45. The average molecular weight is 338 g/mol. The van der Waals surface area contributed by atoms with Crippen LogP contribution < -0.4 is 5.32 Å². The largest absolute Gasteiger partial charge is 0.508 e. The first kappa shape index (κ1) is 18.7. The van der Waals surface area contributed by atoms with Crippen molar-refractivity contribution in [3.63, 3.8) is 0 Å². The fraction of sp³-hybridized carbons (Fsp3) is 0.429. The molecule has 9 heteroatoms. The van der Waals surface area contributed by atoms with E-state index in [0.717, 1.165) is 5.56 Å². The van der Waals surface area contributed by atoms with Crippen molar-refractivity contribution in [3.8, 4) is 5.75 Å². The predicted octanol–water partition coefficient (Wildman–Crippen LogP) is 1.98. The zero-order valence-electron chi connectivity index (χ0n) is 12.6. The number of esters is 1. The van der Waals surface area contributed by atoms with Crippen molar-refractivity contribution in [2.24, 2.45) is 5.11 Å². The first-order valence-electron chi connectivity index (χ1n) is 6.89. The minimum Gasteiger partial charge on any atom is -0.508 e. The lowest BCUT2D eigenvalue weighted by Crippen LogP contribution is -2.44. The van der Waals surface area contributed by atoms with Crippen LogP contribution in [0.4, 0.5) is 0 Å². The van der Waals surface area contributed by atoms with Gasteiger partial charge in [-0.1, -0.05) is 17.2 Å². The summed E-state index contributed by atoms with van der Waals surface area (Å²) in [5.41, 5.74) is 9.10. The molecule has 0 spiro atoms. The van der Waals surface area contributed by atoms with Crippen molar-refractivity contribution in [3.05, 3.63) is 40.3 Å². The summed E-state index contributed by atoms with van der Waals surface area (Å²) in [6.45, 7) is 1.51. The Balaban J connectivity index is 2.56. The van der Waals surface area contributed by atoms with Gasteiger partial charge >= 0.3 is 5.97 Å². The van der Waals surface area contributed by atoms with Crippen molar-refractivity contribution in [2.75, 3.05) is 18.9 Å². The van der Waals surface area contributed by atoms with Gasteiger partial charge in [0.2, 0.25) is 5.91 Å². The second kappa shape index (κ2) is 10.4. The molecule has 1 atom stereocenters. The standard InChI is InChI=1S/C14H18N4O4S/c1-2-22-14(21)12(17-13(20)7-16-18-15)9-23-8-10-4-3-5-11(19)6-10/h3-6,12,19H,2,7-9H2,1H3,(H,17,20). The summed E-state index contributed by atoms with van der Waals surface area (Å²) in [5.74, 6) is -0.0377. The molecule has 1 aromatic carbocycles. The third-order valence-electron chi connectivity index (χ3n) is 2.65. The molecule has 0 fully saturated rings. The van der Waals surface area contributed by atoms with Crippen LogP contribution in [0, 0.1) is 0 Å². The number of amides is 1. The number of carbonyl (C=O) groups excluding carboxylic acids is 2. The van der Waals surface area contributed by atoms with E-state index < -0.39 is 17.9 Å². The Morgan fingerprint density at radius 2 is 2.30 bits per heavy atom. The highest BCUT2D eigenvalue weighted by molar-refractivity contribution is 7.98. The SMILES string of the molecule is CCOC(=O)C(CSCc1cccc(O)c1)NC(=O)CN=[N+]=[N-]. The Bertz CT molecular complexity index is 590.